The van der Waals surface area contributed by atoms with E-state index in [-0.39, 0.29) is 11.9 Å². The van der Waals surface area contributed by atoms with Crippen LogP contribution in [0.2, 0.25) is 0 Å². The van der Waals surface area contributed by atoms with Crippen LogP contribution in [0.1, 0.15) is 6.92 Å². The van der Waals surface area contributed by atoms with E-state index in [4.69, 9.17) is 5.73 Å². The third kappa shape index (κ3) is 2.71. The summed E-state index contributed by atoms with van der Waals surface area (Å²) in [4.78, 5) is 23.6. The largest absolute Gasteiger partial charge is 0.363 e. The number of aromatic nitrogens is 3. The van der Waals surface area contributed by atoms with Crippen LogP contribution in [0.5, 0.6) is 0 Å². The number of nitrogens with one attached hydrogen (secondary N) is 3. The Bertz CT molecular complexity index is 379. The summed E-state index contributed by atoms with van der Waals surface area (Å²) in [6.45, 7) is 2.20. The summed E-state index contributed by atoms with van der Waals surface area (Å²) >= 11 is 0. The van der Waals surface area contributed by atoms with Crippen molar-refractivity contribution in [2.45, 2.75) is 13.0 Å². The van der Waals surface area contributed by atoms with Crippen LogP contribution >= 0.6 is 0 Å². The summed E-state index contributed by atoms with van der Waals surface area (Å²) in [5, 5.41) is 8.29. The Kier molecular flexibility index (Phi) is 2.80. The molecule has 1 atom stereocenters. The number of nitrogens with two attached hydrogens (primary N) is 1. The first kappa shape index (κ1) is 9.46. The first-order chi connectivity index (χ1) is 6.09. The molecular formula is C6H11N5O2. The fourth-order valence-electron chi connectivity index (χ4n) is 0.725. The number of nitrogens with zero attached hydrogens (tertiary/aromatic N) is 1. The van der Waals surface area contributed by atoms with Crippen LogP contribution in [0.25, 0.3) is 0 Å². The van der Waals surface area contributed by atoms with Crippen molar-refractivity contribution in [2.75, 3.05) is 11.9 Å². The van der Waals surface area contributed by atoms with E-state index < -0.39 is 11.2 Å². The van der Waals surface area contributed by atoms with E-state index in [2.05, 4.69) is 15.5 Å². The van der Waals surface area contributed by atoms with Gasteiger partial charge in [0.1, 0.15) is 0 Å². The molecule has 1 aromatic heterocycles. The predicted octanol–water partition coefficient (Wildman–Crippen LogP) is -1.78. The van der Waals surface area contributed by atoms with Crippen LogP contribution in [-0.4, -0.2) is 27.8 Å². The number of anilines is 1. The SMILES string of the molecule is CC(N)CNc1n[nH]c(=O)[nH]c1=O. The van der Waals surface area contributed by atoms with Gasteiger partial charge in [-0.05, 0) is 6.92 Å². The van der Waals surface area contributed by atoms with Crippen LogP contribution in [0.4, 0.5) is 5.82 Å². The summed E-state index contributed by atoms with van der Waals surface area (Å²) in [6, 6.07) is -0.0897. The monoisotopic (exact) mass is 185 g/mol. The normalized spacial score (nSPS) is 12.5. The highest BCUT2D eigenvalue weighted by molar-refractivity contribution is 5.28. The smallest absolute Gasteiger partial charge is 0.342 e. The molecule has 1 heterocycles. The van der Waals surface area contributed by atoms with Gasteiger partial charge >= 0.3 is 5.69 Å². The fourth-order valence-corrected chi connectivity index (χ4v) is 0.725. The Morgan fingerprint density at radius 3 is 2.85 bits per heavy atom. The lowest BCUT2D eigenvalue weighted by Gasteiger charge is -2.05. The van der Waals surface area contributed by atoms with Crippen molar-refractivity contribution in [1.29, 1.82) is 0 Å². The molecule has 0 saturated heterocycles. The topological polar surface area (TPSA) is 117 Å². The lowest BCUT2D eigenvalue weighted by molar-refractivity contribution is 0.768. The minimum atomic E-state index is -0.628. The van der Waals surface area contributed by atoms with E-state index in [1.807, 2.05) is 4.98 Å². The van der Waals surface area contributed by atoms with Crippen molar-refractivity contribution < 1.29 is 0 Å². The third-order valence-electron chi connectivity index (χ3n) is 1.30. The highest BCUT2D eigenvalue weighted by Crippen LogP contribution is 1.85. The zero-order chi connectivity index (χ0) is 9.84. The summed E-state index contributed by atoms with van der Waals surface area (Å²) in [5.41, 5.74) is 4.27. The molecule has 7 heteroatoms. The van der Waals surface area contributed by atoms with Gasteiger partial charge in [0.25, 0.3) is 5.56 Å². The second-order valence-corrected chi connectivity index (χ2v) is 2.71. The maximum atomic E-state index is 11.0. The number of H-pyrrole nitrogens is 2. The first-order valence-electron chi connectivity index (χ1n) is 3.78. The standard InChI is InChI=1S/C6H11N5O2/c1-3(7)2-8-4-5(12)9-6(13)11-10-4/h3H,2,7H2,1H3,(H,8,10)(H2,9,11,12,13). The van der Waals surface area contributed by atoms with Gasteiger partial charge in [-0.1, -0.05) is 0 Å². The minimum Gasteiger partial charge on any atom is -0.363 e. The fraction of sp³-hybridized carbons (Fsp3) is 0.500. The van der Waals surface area contributed by atoms with Crippen LogP contribution < -0.4 is 22.3 Å². The lowest BCUT2D eigenvalue weighted by atomic mass is 10.4. The molecule has 13 heavy (non-hydrogen) atoms. The molecule has 1 aromatic rings. The molecule has 7 nitrogen and oxygen atoms in total. The van der Waals surface area contributed by atoms with Crippen LogP contribution in [-0.2, 0) is 0 Å². The van der Waals surface area contributed by atoms with Crippen molar-refractivity contribution in [3.63, 3.8) is 0 Å². The Hall–Kier alpha value is -1.63. The second kappa shape index (κ2) is 3.85. The molecule has 0 spiro atoms. The van der Waals surface area contributed by atoms with E-state index in [9.17, 15) is 9.59 Å². The van der Waals surface area contributed by atoms with Gasteiger partial charge in [0.15, 0.2) is 0 Å². The minimum absolute atomic E-state index is 0.0666. The number of rotatable bonds is 3. The first-order valence-corrected chi connectivity index (χ1v) is 3.78. The van der Waals surface area contributed by atoms with Gasteiger partial charge < -0.3 is 11.1 Å². The van der Waals surface area contributed by atoms with Gasteiger partial charge in [-0.15, -0.1) is 5.10 Å². The van der Waals surface area contributed by atoms with Crippen LogP contribution in [0, 0.1) is 0 Å². The van der Waals surface area contributed by atoms with E-state index in [0.717, 1.165) is 0 Å². The molecule has 0 radical (unpaired) electrons. The maximum Gasteiger partial charge on any atom is 0.342 e. The average Bonchev–Trinajstić information content (AvgIpc) is 2.02. The van der Waals surface area contributed by atoms with Crippen molar-refractivity contribution in [3.05, 3.63) is 20.8 Å². The Morgan fingerprint density at radius 2 is 2.31 bits per heavy atom. The molecule has 0 amide bonds. The van der Waals surface area contributed by atoms with Gasteiger partial charge in [-0.25, -0.2) is 9.89 Å². The van der Waals surface area contributed by atoms with Crippen molar-refractivity contribution in [2.24, 2.45) is 5.73 Å². The third-order valence-corrected chi connectivity index (χ3v) is 1.30. The highest BCUT2D eigenvalue weighted by atomic mass is 16.2. The van der Waals surface area contributed by atoms with Gasteiger partial charge in [-0.2, -0.15) is 0 Å². The molecule has 1 rings (SSSR count). The van der Waals surface area contributed by atoms with Gasteiger partial charge in [0, 0.05) is 12.6 Å². The molecule has 0 aromatic carbocycles. The number of hydrogen-bond donors (Lipinski definition) is 4. The average molecular weight is 185 g/mol. The van der Waals surface area contributed by atoms with E-state index >= 15 is 0 Å². The molecule has 0 aliphatic rings. The molecule has 72 valence electrons. The molecule has 1 unspecified atom stereocenters. The molecule has 0 bridgehead atoms. The Labute approximate surface area is 73.4 Å². The zero-order valence-corrected chi connectivity index (χ0v) is 7.13. The van der Waals surface area contributed by atoms with Crippen molar-refractivity contribution >= 4 is 5.82 Å². The molecule has 0 saturated carbocycles. The molecule has 0 fully saturated rings. The van der Waals surface area contributed by atoms with Crippen LogP contribution in [0.15, 0.2) is 9.59 Å². The highest BCUT2D eigenvalue weighted by Gasteiger charge is 2.01. The summed E-state index contributed by atoms with van der Waals surface area (Å²) in [6.07, 6.45) is 0. The van der Waals surface area contributed by atoms with E-state index in [1.54, 1.807) is 6.92 Å². The van der Waals surface area contributed by atoms with Gasteiger partial charge in [-0.3, -0.25) is 9.78 Å². The Balaban J connectivity index is 2.79. The lowest BCUT2D eigenvalue weighted by Crippen LogP contribution is -2.31. The van der Waals surface area contributed by atoms with Crippen molar-refractivity contribution in [3.8, 4) is 0 Å². The Morgan fingerprint density at radius 1 is 1.62 bits per heavy atom. The summed E-state index contributed by atoms with van der Waals surface area (Å²) in [5.74, 6) is 0.0666. The molecule has 0 aliphatic carbocycles. The van der Waals surface area contributed by atoms with Crippen molar-refractivity contribution in [1.82, 2.24) is 15.2 Å². The zero-order valence-electron chi connectivity index (χ0n) is 7.13. The van der Waals surface area contributed by atoms with Gasteiger partial charge in [0.2, 0.25) is 5.82 Å². The molecule has 5 N–H and O–H groups in total. The summed E-state index contributed by atoms with van der Waals surface area (Å²) < 4.78 is 0. The predicted molar refractivity (Wildman–Crippen MR) is 47.6 cm³/mol. The number of aromatic amines is 2. The number of hydrogen-bond acceptors (Lipinski definition) is 5. The quantitative estimate of drug-likeness (QED) is 0.444. The summed E-state index contributed by atoms with van der Waals surface area (Å²) in [7, 11) is 0. The van der Waals surface area contributed by atoms with E-state index in [1.165, 1.54) is 0 Å². The van der Waals surface area contributed by atoms with E-state index in [0.29, 0.717) is 6.54 Å². The van der Waals surface area contributed by atoms with Crippen LogP contribution in [0.3, 0.4) is 0 Å². The molecule has 0 aliphatic heterocycles. The maximum absolute atomic E-state index is 11.0. The molecular weight excluding hydrogens is 174 g/mol. The second-order valence-electron chi connectivity index (χ2n) is 2.71. The van der Waals surface area contributed by atoms with Gasteiger partial charge in [0.05, 0.1) is 0 Å².